The van der Waals surface area contributed by atoms with Gasteiger partial charge in [-0.05, 0) is 31.2 Å². The van der Waals surface area contributed by atoms with Gasteiger partial charge in [0.1, 0.15) is 0 Å². The molecule has 0 spiro atoms. The summed E-state index contributed by atoms with van der Waals surface area (Å²) in [6, 6.07) is 6.05. The third-order valence-corrected chi connectivity index (χ3v) is 3.42. The number of nitrogens with two attached hydrogens (primary N) is 1. The van der Waals surface area contributed by atoms with Crippen molar-refractivity contribution in [1.29, 1.82) is 0 Å². The highest BCUT2D eigenvalue weighted by atomic mass is 32.2. The van der Waals surface area contributed by atoms with Gasteiger partial charge in [-0.1, -0.05) is 6.92 Å². The first kappa shape index (κ1) is 10.6. The van der Waals surface area contributed by atoms with Crippen LogP contribution < -0.4 is 15.2 Å². The molecule has 1 aliphatic rings. The van der Waals surface area contributed by atoms with Crippen molar-refractivity contribution in [2.75, 3.05) is 13.3 Å². The molecule has 0 saturated heterocycles. The molecule has 1 heterocycles. The minimum absolute atomic E-state index is 0.335. The Kier molecular flexibility index (Phi) is 3.38. The summed E-state index contributed by atoms with van der Waals surface area (Å²) < 4.78 is 10.6. The third kappa shape index (κ3) is 2.58. The van der Waals surface area contributed by atoms with E-state index in [-0.39, 0.29) is 0 Å². The van der Waals surface area contributed by atoms with Gasteiger partial charge in [0.05, 0.1) is 0 Å². The van der Waals surface area contributed by atoms with Crippen LogP contribution in [-0.2, 0) is 0 Å². The van der Waals surface area contributed by atoms with Crippen molar-refractivity contribution in [2.24, 2.45) is 5.73 Å². The van der Waals surface area contributed by atoms with Gasteiger partial charge in [-0.15, -0.1) is 11.8 Å². The molecule has 2 N–H and O–H groups in total. The van der Waals surface area contributed by atoms with Gasteiger partial charge in [0.15, 0.2) is 11.5 Å². The fourth-order valence-corrected chi connectivity index (χ4v) is 2.52. The molecule has 1 aromatic carbocycles. The minimum atomic E-state index is 0.335. The standard InChI is InChI=1S/C11H15NO2S/c1-8(4-5-12)15-9-2-3-10-11(6-9)14-7-13-10/h2-3,6,8H,4-5,7,12H2,1H3. The number of hydrogen-bond donors (Lipinski definition) is 1. The lowest BCUT2D eigenvalue weighted by Crippen LogP contribution is -2.06. The van der Waals surface area contributed by atoms with Crippen LogP contribution in [0.4, 0.5) is 0 Å². The highest BCUT2D eigenvalue weighted by Gasteiger charge is 2.14. The molecular weight excluding hydrogens is 210 g/mol. The summed E-state index contributed by atoms with van der Waals surface area (Å²) in [6.45, 7) is 3.25. The predicted octanol–water partition coefficient (Wildman–Crippen LogP) is 2.24. The molecule has 3 nitrogen and oxygen atoms in total. The van der Waals surface area contributed by atoms with Crippen molar-refractivity contribution in [3.8, 4) is 11.5 Å². The van der Waals surface area contributed by atoms with Crippen LogP contribution in [0.3, 0.4) is 0 Å². The van der Waals surface area contributed by atoms with E-state index in [1.807, 2.05) is 23.9 Å². The summed E-state index contributed by atoms with van der Waals surface area (Å²) in [7, 11) is 0. The molecule has 0 aromatic heterocycles. The van der Waals surface area contributed by atoms with Gasteiger partial charge in [-0.3, -0.25) is 0 Å². The van der Waals surface area contributed by atoms with Crippen molar-refractivity contribution >= 4 is 11.8 Å². The number of benzene rings is 1. The average Bonchev–Trinajstić information content (AvgIpc) is 2.65. The average molecular weight is 225 g/mol. The number of hydrogen-bond acceptors (Lipinski definition) is 4. The first-order chi connectivity index (χ1) is 7.29. The van der Waals surface area contributed by atoms with E-state index in [0.717, 1.165) is 24.5 Å². The van der Waals surface area contributed by atoms with E-state index < -0.39 is 0 Å². The second-order valence-electron chi connectivity index (χ2n) is 3.52. The van der Waals surface area contributed by atoms with Crippen molar-refractivity contribution in [3.63, 3.8) is 0 Å². The van der Waals surface area contributed by atoms with E-state index in [9.17, 15) is 0 Å². The fraction of sp³-hybridized carbons (Fsp3) is 0.455. The molecule has 0 bridgehead atoms. The summed E-state index contributed by atoms with van der Waals surface area (Å²) in [4.78, 5) is 1.21. The van der Waals surface area contributed by atoms with Crippen LogP contribution in [-0.4, -0.2) is 18.6 Å². The zero-order chi connectivity index (χ0) is 10.7. The smallest absolute Gasteiger partial charge is 0.231 e. The largest absolute Gasteiger partial charge is 0.454 e. The normalized spacial score (nSPS) is 15.3. The Morgan fingerprint density at radius 1 is 1.40 bits per heavy atom. The molecule has 1 aromatic rings. The molecular formula is C11H15NO2S. The quantitative estimate of drug-likeness (QED) is 0.798. The first-order valence-corrected chi connectivity index (χ1v) is 5.94. The van der Waals surface area contributed by atoms with Gasteiger partial charge in [0.2, 0.25) is 6.79 Å². The third-order valence-electron chi connectivity index (χ3n) is 2.25. The van der Waals surface area contributed by atoms with Crippen molar-refractivity contribution in [2.45, 2.75) is 23.5 Å². The summed E-state index contributed by atoms with van der Waals surface area (Å²) in [5, 5.41) is 0.537. The maximum absolute atomic E-state index is 5.52. The van der Waals surface area contributed by atoms with Crippen LogP contribution in [0.5, 0.6) is 11.5 Å². The van der Waals surface area contributed by atoms with Crippen molar-refractivity contribution in [1.82, 2.24) is 0 Å². The highest BCUT2D eigenvalue weighted by Crippen LogP contribution is 2.36. The monoisotopic (exact) mass is 225 g/mol. The van der Waals surface area contributed by atoms with Crippen LogP contribution in [0.25, 0.3) is 0 Å². The van der Waals surface area contributed by atoms with E-state index in [4.69, 9.17) is 15.2 Å². The molecule has 0 fully saturated rings. The van der Waals surface area contributed by atoms with Gasteiger partial charge in [-0.2, -0.15) is 0 Å². The Balaban J connectivity index is 2.03. The van der Waals surface area contributed by atoms with E-state index in [1.165, 1.54) is 4.90 Å². The molecule has 0 saturated carbocycles. The van der Waals surface area contributed by atoms with Crippen LogP contribution in [0, 0.1) is 0 Å². The van der Waals surface area contributed by atoms with Crippen molar-refractivity contribution in [3.05, 3.63) is 18.2 Å². The number of ether oxygens (including phenoxy) is 2. The maximum atomic E-state index is 5.52. The maximum Gasteiger partial charge on any atom is 0.231 e. The second kappa shape index (κ2) is 4.77. The zero-order valence-electron chi connectivity index (χ0n) is 8.73. The second-order valence-corrected chi connectivity index (χ2v) is 5.03. The lowest BCUT2D eigenvalue weighted by Gasteiger charge is -2.09. The molecule has 1 unspecified atom stereocenters. The Morgan fingerprint density at radius 2 is 2.20 bits per heavy atom. The van der Waals surface area contributed by atoms with Gasteiger partial charge in [0, 0.05) is 10.1 Å². The van der Waals surface area contributed by atoms with E-state index in [1.54, 1.807) is 0 Å². The molecule has 0 amide bonds. The molecule has 15 heavy (non-hydrogen) atoms. The van der Waals surface area contributed by atoms with Crippen LogP contribution in [0.1, 0.15) is 13.3 Å². The molecule has 2 rings (SSSR count). The zero-order valence-corrected chi connectivity index (χ0v) is 9.55. The summed E-state index contributed by atoms with van der Waals surface area (Å²) in [5.41, 5.74) is 5.52. The number of thioether (sulfide) groups is 1. The first-order valence-electron chi connectivity index (χ1n) is 5.06. The molecule has 82 valence electrons. The number of fused-ring (bicyclic) bond motifs is 1. The van der Waals surface area contributed by atoms with Crippen LogP contribution >= 0.6 is 11.8 Å². The van der Waals surface area contributed by atoms with Gasteiger partial charge in [0.25, 0.3) is 0 Å². The SMILES string of the molecule is CC(CCN)Sc1ccc2c(c1)OCO2. The van der Waals surface area contributed by atoms with Gasteiger partial charge < -0.3 is 15.2 Å². The lowest BCUT2D eigenvalue weighted by molar-refractivity contribution is 0.174. The minimum Gasteiger partial charge on any atom is -0.454 e. The Bertz CT molecular complexity index is 343. The molecule has 1 aliphatic heterocycles. The van der Waals surface area contributed by atoms with E-state index in [2.05, 4.69) is 13.0 Å². The topological polar surface area (TPSA) is 44.5 Å². The predicted molar refractivity (Wildman–Crippen MR) is 61.6 cm³/mol. The van der Waals surface area contributed by atoms with Gasteiger partial charge in [-0.25, -0.2) is 0 Å². The Hall–Kier alpha value is -0.870. The van der Waals surface area contributed by atoms with Crippen molar-refractivity contribution < 1.29 is 9.47 Å². The summed E-state index contributed by atoms with van der Waals surface area (Å²) in [6.07, 6.45) is 1.03. The summed E-state index contributed by atoms with van der Waals surface area (Å²) >= 11 is 1.82. The molecule has 1 atom stereocenters. The van der Waals surface area contributed by atoms with E-state index in [0.29, 0.717) is 12.0 Å². The Labute approximate surface area is 93.9 Å². The molecule has 4 heteroatoms. The van der Waals surface area contributed by atoms with E-state index >= 15 is 0 Å². The highest BCUT2D eigenvalue weighted by molar-refractivity contribution is 7.99. The summed E-state index contributed by atoms with van der Waals surface area (Å²) in [5.74, 6) is 1.69. The molecule has 0 aliphatic carbocycles. The van der Waals surface area contributed by atoms with Crippen LogP contribution in [0.15, 0.2) is 23.1 Å². The Morgan fingerprint density at radius 3 is 3.00 bits per heavy atom. The molecule has 0 radical (unpaired) electrons. The number of rotatable bonds is 4. The lowest BCUT2D eigenvalue weighted by atomic mass is 10.3. The fourth-order valence-electron chi connectivity index (χ4n) is 1.48. The van der Waals surface area contributed by atoms with Crippen LogP contribution in [0.2, 0.25) is 0 Å². The van der Waals surface area contributed by atoms with Gasteiger partial charge >= 0.3 is 0 Å².